The molecule has 2 aromatic carbocycles. The maximum Gasteiger partial charge on any atom is 0.348 e. The Kier molecular flexibility index (Phi) is 6.44. The number of rotatable bonds is 8. The lowest BCUT2D eigenvalue weighted by Crippen LogP contribution is -2.11. The third-order valence-electron chi connectivity index (χ3n) is 4.54. The molecule has 8 heteroatoms. The minimum atomic E-state index is -0.376. The van der Waals surface area contributed by atoms with E-state index in [9.17, 15) is 4.79 Å². The number of hydrogen-bond acceptors (Lipinski definition) is 6. The highest BCUT2D eigenvalue weighted by Gasteiger charge is 2.18. The van der Waals surface area contributed by atoms with Gasteiger partial charge < -0.3 is 14.2 Å². The van der Waals surface area contributed by atoms with Crippen LogP contribution in [-0.4, -0.2) is 35.6 Å². The molecular formula is C23H21ClN2O4S. The van der Waals surface area contributed by atoms with Crippen molar-refractivity contribution < 1.29 is 19.0 Å². The van der Waals surface area contributed by atoms with Crippen LogP contribution in [0.3, 0.4) is 0 Å². The SMILES string of the molecule is CCOc1ccc(OCCOC(=O)c2cc3c(C)nn(-c4ccc(Cl)cc4)c3s2)cc1. The smallest absolute Gasteiger partial charge is 0.348 e. The molecule has 0 aliphatic carbocycles. The van der Waals surface area contributed by atoms with Gasteiger partial charge in [0, 0.05) is 10.4 Å². The first kappa shape index (κ1) is 21.2. The van der Waals surface area contributed by atoms with Gasteiger partial charge in [-0.15, -0.1) is 11.3 Å². The molecule has 4 rings (SSSR count). The highest BCUT2D eigenvalue weighted by atomic mass is 35.5. The molecule has 0 saturated carbocycles. The zero-order valence-electron chi connectivity index (χ0n) is 17.1. The lowest BCUT2D eigenvalue weighted by Gasteiger charge is -2.08. The number of aryl methyl sites for hydroxylation is 1. The third kappa shape index (κ3) is 4.84. The summed E-state index contributed by atoms with van der Waals surface area (Å²) in [5.74, 6) is 1.11. The lowest BCUT2D eigenvalue weighted by molar-refractivity contribution is 0.0456. The van der Waals surface area contributed by atoms with E-state index in [2.05, 4.69) is 5.10 Å². The first-order valence-corrected chi connectivity index (χ1v) is 11.0. The summed E-state index contributed by atoms with van der Waals surface area (Å²) in [6.07, 6.45) is 0. The van der Waals surface area contributed by atoms with E-state index < -0.39 is 0 Å². The summed E-state index contributed by atoms with van der Waals surface area (Å²) in [5, 5.41) is 6.17. The van der Waals surface area contributed by atoms with Crippen LogP contribution < -0.4 is 9.47 Å². The quantitative estimate of drug-likeness (QED) is 0.252. The number of fused-ring (bicyclic) bond motifs is 1. The zero-order chi connectivity index (χ0) is 21.8. The fourth-order valence-corrected chi connectivity index (χ4v) is 4.27. The molecule has 0 aliphatic heterocycles. The molecule has 0 saturated heterocycles. The van der Waals surface area contributed by atoms with Gasteiger partial charge in [0.25, 0.3) is 0 Å². The van der Waals surface area contributed by atoms with E-state index in [1.54, 1.807) is 0 Å². The molecule has 0 atom stereocenters. The Morgan fingerprint density at radius 1 is 1.03 bits per heavy atom. The fraction of sp³-hybridized carbons (Fsp3) is 0.217. The molecule has 0 spiro atoms. The molecule has 0 aliphatic rings. The molecule has 0 amide bonds. The van der Waals surface area contributed by atoms with Gasteiger partial charge in [0.2, 0.25) is 0 Å². The van der Waals surface area contributed by atoms with E-state index in [1.165, 1.54) is 11.3 Å². The number of hydrogen-bond donors (Lipinski definition) is 0. The Bertz CT molecular complexity index is 1180. The number of halogens is 1. The van der Waals surface area contributed by atoms with Gasteiger partial charge in [-0.2, -0.15) is 5.10 Å². The lowest BCUT2D eigenvalue weighted by atomic mass is 10.3. The van der Waals surface area contributed by atoms with Gasteiger partial charge in [-0.25, -0.2) is 9.48 Å². The minimum Gasteiger partial charge on any atom is -0.494 e. The van der Waals surface area contributed by atoms with Crippen LogP contribution in [-0.2, 0) is 4.74 Å². The van der Waals surface area contributed by atoms with Gasteiger partial charge in [0.15, 0.2) is 0 Å². The van der Waals surface area contributed by atoms with Crippen LogP contribution in [0.2, 0.25) is 5.02 Å². The molecule has 0 fully saturated rings. The number of ether oxygens (including phenoxy) is 3. The number of thiophene rings is 1. The van der Waals surface area contributed by atoms with Crippen molar-refractivity contribution in [3.05, 3.63) is 70.2 Å². The van der Waals surface area contributed by atoms with Crippen LogP contribution in [0.4, 0.5) is 0 Å². The van der Waals surface area contributed by atoms with E-state index in [-0.39, 0.29) is 19.2 Å². The Labute approximate surface area is 188 Å². The summed E-state index contributed by atoms with van der Waals surface area (Å²) in [6, 6.07) is 16.6. The van der Waals surface area contributed by atoms with Crippen molar-refractivity contribution >= 4 is 39.1 Å². The molecular weight excluding hydrogens is 436 g/mol. The van der Waals surface area contributed by atoms with Crippen molar-refractivity contribution in [2.45, 2.75) is 13.8 Å². The van der Waals surface area contributed by atoms with Crippen LogP contribution in [0.1, 0.15) is 22.3 Å². The first-order valence-electron chi connectivity index (χ1n) is 9.83. The van der Waals surface area contributed by atoms with Gasteiger partial charge in [-0.05, 0) is 68.4 Å². The Balaban J connectivity index is 1.38. The number of aromatic nitrogens is 2. The van der Waals surface area contributed by atoms with Gasteiger partial charge in [0.05, 0.1) is 18.0 Å². The van der Waals surface area contributed by atoms with Crippen LogP contribution >= 0.6 is 22.9 Å². The minimum absolute atomic E-state index is 0.155. The Hall–Kier alpha value is -3.03. The molecule has 0 N–H and O–H groups in total. The number of benzene rings is 2. The van der Waals surface area contributed by atoms with Gasteiger partial charge in [-0.1, -0.05) is 11.6 Å². The van der Waals surface area contributed by atoms with E-state index in [0.29, 0.717) is 22.3 Å². The van der Waals surface area contributed by atoms with Crippen molar-refractivity contribution in [3.8, 4) is 17.2 Å². The first-order chi connectivity index (χ1) is 15.0. The molecule has 2 aromatic heterocycles. The van der Waals surface area contributed by atoms with Crippen LogP contribution in [0.15, 0.2) is 54.6 Å². The topological polar surface area (TPSA) is 62.6 Å². The van der Waals surface area contributed by atoms with Crippen LogP contribution in [0.25, 0.3) is 15.9 Å². The van der Waals surface area contributed by atoms with Gasteiger partial charge in [-0.3, -0.25) is 0 Å². The zero-order valence-corrected chi connectivity index (χ0v) is 18.7. The Morgan fingerprint density at radius 2 is 1.71 bits per heavy atom. The molecule has 2 heterocycles. The molecule has 0 bridgehead atoms. The standard InChI is InChI=1S/C23H21ClN2O4S/c1-3-28-18-8-10-19(11-9-18)29-12-13-30-23(27)21-14-20-15(2)25-26(22(20)31-21)17-6-4-16(24)5-7-17/h4-11,14H,3,12-13H2,1-2H3. The monoisotopic (exact) mass is 456 g/mol. The molecule has 6 nitrogen and oxygen atoms in total. The number of nitrogens with zero attached hydrogens (tertiary/aromatic N) is 2. The summed E-state index contributed by atoms with van der Waals surface area (Å²) in [7, 11) is 0. The second-order valence-electron chi connectivity index (χ2n) is 6.69. The van der Waals surface area contributed by atoms with Gasteiger partial charge >= 0.3 is 5.97 Å². The van der Waals surface area contributed by atoms with Crippen molar-refractivity contribution in [2.75, 3.05) is 19.8 Å². The highest BCUT2D eigenvalue weighted by molar-refractivity contribution is 7.20. The average molecular weight is 457 g/mol. The summed E-state index contributed by atoms with van der Waals surface area (Å²) in [5.41, 5.74) is 1.73. The second kappa shape index (κ2) is 9.41. The number of esters is 1. The number of carbonyl (C=O) groups excluding carboxylic acids is 1. The molecule has 160 valence electrons. The van der Waals surface area contributed by atoms with E-state index >= 15 is 0 Å². The number of carbonyl (C=O) groups is 1. The second-order valence-corrected chi connectivity index (χ2v) is 8.16. The van der Waals surface area contributed by atoms with Crippen molar-refractivity contribution in [1.29, 1.82) is 0 Å². The van der Waals surface area contributed by atoms with Crippen molar-refractivity contribution in [3.63, 3.8) is 0 Å². The molecule has 0 radical (unpaired) electrons. The highest BCUT2D eigenvalue weighted by Crippen LogP contribution is 2.31. The average Bonchev–Trinajstić information content (AvgIpc) is 3.34. The van der Waals surface area contributed by atoms with Crippen molar-refractivity contribution in [2.24, 2.45) is 0 Å². The van der Waals surface area contributed by atoms with E-state index in [1.807, 2.05) is 73.1 Å². The summed E-state index contributed by atoms with van der Waals surface area (Å²) >= 11 is 7.33. The molecule has 31 heavy (non-hydrogen) atoms. The fourth-order valence-electron chi connectivity index (χ4n) is 3.07. The van der Waals surface area contributed by atoms with E-state index in [4.69, 9.17) is 25.8 Å². The summed E-state index contributed by atoms with van der Waals surface area (Å²) in [4.78, 5) is 13.9. The predicted octanol–water partition coefficient (Wildman–Crippen LogP) is 5.68. The molecule has 0 unspecified atom stereocenters. The summed E-state index contributed by atoms with van der Waals surface area (Å²) < 4.78 is 18.2. The van der Waals surface area contributed by atoms with Crippen molar-refractivity contribution in [1.82, 2.24) is 9.78 Å². The summed E-state index contributed by atoms with van der Waals surface area (Å²) in [6.45, 7) is 4.89. The van der Waals surface area contributed by atoms with E-state index in [0.717, 1.165) is 27.3 Å². The predicted molar refractivity (Wildman–Crippen MR) is 122 cm³/mol. The normalized spacial score (nSPS) is 10.9. The largest absolute Gasteiger partial charge is 0.494 e. The maximum atomic E-state index is 12.5. The molecule has 4 aromatic rings. The third-order valence-corrected chi connectivity index (χ3v) is 5.88. The van der Waals surface area contributed by atoms with Crippen LogP contribution in [0.5, 0.6) is 11.5 Å². The maximum absolute atomic E-state index is 12.5. The van der Waals surface area contributed by atoms with Crippen LogP contribution in [0, 0.1) is 6.92 Å². The Morgan fingerprint density at radius 3 is 2.39 bits per heavy atom. The van der Waals surface area contributed by atoms with Gasteiger partial charge in [0.1, 0.15) is 34.4 Å².